The number of carbonyl (C=O) groups excluding carboxylic acids is 1. The number of aromatic hydroxyl groups is 2. The minimum absolute atomic E-state index is 0.0928. The van der Waals surface area contributed by atoms with Crippen molar-refractivity contribution in [2.75, 3.05) is 0 Å². The Balaban J connectivity index is 2.18. The Kier molecular flexibility index (Phi) is 4.57. The van der Waals surface area contributed by atoms with Crippen LogP contribution in [0.15, 0.2) is 45.6 Å². The quantitative estimate of drug-likeness (QED) is 0.456. The molecule has 4 rings (SSSR count). The molecule has 0 saturated heterocycles. The van der Waals surface area contributed by atoms with Crippen molar-refractivity contribution >= 4 is 22.8 Å². The fourth-order valence-electron chi connectivity index (χ4n) is 4.06. The number of hydrogen-bond acceptors (Lipinski definition) is 5. The topological polar surface area (TPSA) is 87.7 Å². The molecular weight excluding hydrogens is 380 g/mol. The number of hydrogen-bond donors (Lipinski definition) is 2. The zero-order valence-electron chi connectivity index (χ0n) is 17.4. The van der Waals surface area contributed by atoms with Crippen molar-refractivity contribution in [2.45, 2.75) is 34.1 Å². The Morgan fingerprint density at radius 3 is 2.43 bits per heavy atom. The van der Waals surface area contributed by atoms with E-state index >= 15 is 0 Å². The second kappa shape index (κ2) is 6.87. The van der Waals surface area contributed by atoms with Crippen molar-refractivity contribution in [3.05, 3.63) is 63.5 Å². The molecule has 154 valence electrons. The SMILES string of the molecule is CC(C)C(=O)c1c2c(c3oc(=O)cc(-c4ccc(O)cc4)c3c1O)CC(C)(C)C=C2. The van der Waals surface area contributed by atoms with Crippen LogP contribution >= 0.6 is 0 Å². The standard InChI is InChI=1S/C25H24O5/c1-13(2)22(28)20-16-9-10-25(3,4)12-18(16)24-21(23(20)29)17(11-19(27)30-24)14-5-7-15(26)8-6-14/h5-11,13,26,29H,12H2,1-4H3. The fourth-order valence-corrected chi connectivity index (χ4v) is 4.06. The van der Waals surface area contributed by atoms with Crippen LogP contribution in [-0.2, 0) is 6.42 Å². The van der Waals surface area contributed by atoms with Gasteiger partial charge in [-0.2, -0.15) is 0 Å². The molecule has 0 fully saturated rings. The maximum atomic E-state index is 13.1. The third-order valence-electron chi connectivity index (χ3n) is 5.59. The van der Waals surface area contributed by atoms with Crippen LogP contribution in [0.1, 0.15) is 49.2 Å². The second-order valence-corrected chi connectivity index (χ2v) is 8.86. The minimum atomic E-state index is -0.539. The molecule has 1 aliphatic carbocycles. The van der Waals surface area contributed by atoms with Gasteiger partial charge in [-0.3, -0.25) is 4.79 Å². The van der Waals surface area contributed by atoms with E-state index in [1.54, 1.807) is 26.0 Å². The highest BCUT2D eigenvalue weighted by molar-refractivity contribution is 6.12. The van der Waals surface area contributed by atoms with E-state index < -0.39 is 5.63 Å². The molecule has 1 aliphatic rings. The highest BCUT2D eigenvalue weighted by Crippen LogP contribution is 2.45. The fraction of sp³-hybridized carbons (Fsp3) is 0.280. The van der Waals surface area contributed by atoms with Crippen LogP contribution < -0.4 is 5.63 Å². The first-order valence-electron chi connectivity index (χ1n) is 9.97. The summed E-state index contributed by atoms with van der Waals surface area (Å²) in [6.07, 6.45) is 4.43. The lowest BCUT2D eigenvalue weighted by molar-refractivity contribution is 0.0936. The van der Waals surface area contributed by atoms with E-state index in [1.165, 1.54) is 18.2 Å². The van der Waals surface area contributed by atoms with E-state index in [1.807, 2.05) is 12.2 Å². The molecule has 0 spiro atoms. The van der Waals surface area contributed by atoms with Gasteiger partial charge in [0, 0.05) is 23.1 Å². The molecule has 2 aromatic carbocycles. The lowest BCUT2D eigenvalue weighted by Gasteiger charge is -2.28. The number of allylic oxidation sites excluding steroid dienone is 1. The van der Waals surface area contributed by atoms with Crippen molar-refractivity contribution < 1.29 is 19.4 Å². The lowest BCUT2D eigenvalue weighted by Crippen LogP contribution is -2.20. The highest BCUT2D eigenvalue weighted by Gasteiger charge is 2.32. The van der Waals surface area contributed by atoms with Gasteiger partial charge < -0.3 is 14.6 Å². The second-order valence-electron chi connectivity index (χ2n) is 8.86. The third kappa shape index (κ3) is 3.20. The van der Waals surface area contributed by atoms with E-state index in [-0.39, 0.29) is 34.2 Å². The van der Waals surface area contributed by atoms with Gasteiger partial charge in [0.2, 0.25) is 0 Å². The normalized spacial score (nSPS) is 14.8. The summed E-state index contributed by atoms with van der Waals surface area (Å²) in [6, 6.07) is 7.66. The predicted octanol–water partition coefficient (Wildman–Crippen LogP) is 5.31. The number of fused-ring (bicyclic) bond motifs is 3. The number of benzene rings is 2. The van der Waals surface area contributed by atoms with Crippen LogP contribution in [0.25, 0.3) is 28.2 Å². The van der Waals surface area contributed by atoms with E-state index in [4.69, 9.17) is 4.42 Å². The van der Waals surface area contributed by atoms with E-state index in [0.717, 1.165) is 5.56 Å². The summed E-state index contributed by atoms with van der Waals surface area (Å²) in [5.74, 6) is -0.569. The van der Waals surface area contributed by atoms with Gasteiger partial charge in [0.15, 0.2) is 5.78 Å². The van der Waals surface area contributed by atoms with Crippen LogP contribution in [0.3, 0.4) is 0 Å². The first kappa shape index (κ1) is 20.0. The number of phenolic OH excluding ortho intramolecular Hbond substituents is 2. The molecule has 0 atom stereocenters. The Bertz CT molecular complexity index is 1260. The van der Waals surface area contributed by atoms with Crippen molar-refractivity contribution in [1.29, 1.82) is 0 Å². The molecule has 1 aromatic heterocycles. The van der Waals surface area contributed by atoms with E-state index in [0.29, 0.717) is 34.1 Å². The zero-order valence-corrected chi connectivity index (χ0v) is 17.4. The van der Waals surface area contributed by atoms with Gasteiger partial charge in [-0.15, -0.1) is 0 Å². The predicted molar refractivity (Wildman–Crippen MR) is 117 cm³/mol. The molecule has 0 unspecified atom stereocenters. The van der Waals surface area contributed by atoms with Crippen LogP contribution in [0, 0.1) is 11.3 Å². The highest BCUT2D eigenvalue weighted by atomic mass is 16.4. The smallest absolute Gasteiger partial charge is 0.336 e. The Morgan fingerprint density at radius 1 is 1.13 bits per heavy atom. The van der Waals surface area contributed by atoms with Gasteiger partial charge in [-0.1, -0.05) is 52.0 Å². The van der Waals surface area contributed by atoms with E-state index in [9.17, 15) is 19.8 Å². The van der Waals surface area contributed by atoms with Gasteiger partial charge in [-0.05, 0) is 35.1 Å². The van der Waals surface area contributed by atoms with Crippen LogP contribution in [-0.4, -0.2) is 16.0 Å². The molecule has 3 aromatic rings. The zero-order chi connectivity index (χ0) is 21.8. The molecule has 5 heteroatoms. The Labute approximate surface area is 174 Å². The number of Topliss-reactive ketones (excluding diaryl/α,β-unsaturated/α-hetero) is 1. The van der Waals surface area contributed by atoms with Gasteiger partial charge in [0.25, 0.3) is 0 Å². The Hall–Kier alpha value is -3.34. The molecule has 0 amide bonds. The minimum Gasteiger partial charge on any atom is -0.508 e. The van der Waals surface area contributed by atoms with Gasteiger partial charge in [-0.25, -0.2) is 4.79 Å². The van der Waals surface area contributed by atoms with E-state index in [2.05, 4.69) is 13.8 Å². The van der Waals surface area contributed by atoms with Crippen molar-refractivity contribution in [3.63, 3.8) is 0 Å². The number of ketones is 1. The monoisotopic (exact) mass is 404 g/mol. The lowest BCUT2D eigenvalue weighted by atomic mass is 9.76. The average Bonchev–Trinajstić information content (AvgIpc) is 2.67. The summed E-state index contributed by atoms with van der Waals surface area (Å²) < 4.78 is 5.61. The first-order valence-corrected chi connectivity index (χ1v) is 9.97. The molecule has 5 nitrogen and oxygen atoms in total. The van der Waals surface area contributed by atoms with Crippen molar-refractivity contribution in [3.8, 4) is 22.6 Å². The molecule has 2 N–H and O–H groups in total. The summed E-state index contributed by atoms with van der Waals surface area (Å²) in [5.41, 5.74) is 2.29. The average molecular weight is 404 g/mol. The molecule has 0 saturated carbocycles. The molecular formula is C25H24O5. The molecule has 1 heterocycles. The third-order valence-corrected chi connectivity index (χ3v) is 5.59. The van der Waals surface area contributed by atoms with Gasteiger partial charge in [0.1, 0.15) is 17.1 Å². The molecule has 30 heavy (non-hydrogen) atoms. The number of phenols is 2. The van der Waals surface area contributed by atoms with Crippen molar-refractivity contribution in [1.82, 2.24) is 0 Å². The summed E-state index contributed by atoms with van der Waals surface area (Å²) in [6.45, 7) is 7.72. The summed E-state index contributed by atoms with van der Waals surface area (Å²) in [4.78, 5) is 25.5. The maximum absolute atomic E-state index is 13.1. The summed E-state index contributed by atoms with van der Waals surface area (Å²) in [7, 11) is 0. The number of carbonyl (C=O) groups is 1. The van der Waals surface area contributed by atoms with Crippen molar-refractivity contribution in [2.24, 2.45) is 11.3 Å². The van der Waals surface area contributed by atoms with Gasteiger partial charge in [0.05, 0.1) is 10.9 Å². The summed E-state index contributed by atoms with van der Waals surface area (Å²) in [5, 5.41) is 21.3. The molecule has 0 bridgehead atoms. The largest absolute Gasteiger partial charge is 0.508 e. The summed E-state index contributed by atoms with van der Waals surface area (Å²) >= 11 is 0. The first-order chi connectivity index (χ1) is 14.1. The van der Waals surface area contributed by atoms with Gasteiger partial charge >= 0.3 is 5.63 Å². The molecule has 0 radical (unpaired) electrons. The van der Waals surface area contributed by atoms with Crippen LogP contribution in [0.2, 0.25) is 0 Å². The molecule has 0 aliphatic heterocycles. The Morgan fingerprint density at radius 2 is 1.80 bits per heavy atom. The number of rotatable bonds is 3. The van der Waals surface area contributed by atoms with Crippen LogP contribution in [0.5, 0.6) is 11.5 Å². The van der Waals surface area contributed by atoms with Crippen LogP contribution in [0.4, 0.5) is 0 Å². The maximum Gasteiger partial charge on any atom is 0.336 e.